The number of benzene rings is 2. The Hall–Kier alpha value is -2.29. The van der Waals surface area contributed by atoms with E-state index in [1.54, 1.807) is 0 Å². The van der Waals surface area contributed by atoms with Crippen LogP contribution >= 0.6 is 0 Å². The van der Waals surface area contributed by atoms with Gasteiger partial charge in [0.25, 0.3) is 0 Å². The van der Waals surface area contributed by atoms with Crippen LogP contribution in [0.4, 0.5) is 5.69 Å². The van der Waals surface area contributed by atoms with Crippen molar-refractivity contribution in [2.45, 2.75) is 20.3 Å². The van der Waals surface area contributed by atoms with Gasteiger partial charge in [0.15, 0.2) is 0 Å². The van der Waals surface area contributed by atoms with Crippen LogP contribution in [0, 0.1) is 5.92 Å². The number of amides is 1. The molecule has 0 radical (unpaired) electrons. The summed E-state index contributed by atoms with van der Waals surface area (Å²) in [6.07, 6.45) is 0.794. The van der Waals surface area contributed by atoms with Gasteiger partial charge in [0.2, 0.25) is 5.91 Å². The normalized spacial score (nSPS) is 10.5. The van der Waals surface area contributed by atoms with Gasteiger partial charge in [-0.15, -0.1) is 0 Å². The lowest BCUT2D eigenvalue weighted by Crippen LogP contribution is -2.35. The molecular weight excluding hydrogens is 274 g/mol. The Labute approximate surface area is 132 Å². The minimum Gasteiger partial charge on any atom is -0.494 e. The van der Waals surface area contributed by atoms with E-state index in [1.807, 2.05) is 79.4 Å². The monoisotopic (exact) mass is 297 g/mol. The predicted octanol–water partition coefficient (Wildman–Crippen LogP) is 4.14. The van der Waals surface area contributed by atoms with Crippen LogP contribution in [0.2, 0.25) is 0 Å². The Morgan fingerprint density at radius 1 is 1.00 bits per heavy atom. The van der Waals surface area contributed by atoms with Gasteiger partial charge in [-0.1, -0.05) is 50.2 Å². The second kappa shape index (κ2) is 8.23. The SMILES string of the molecule is CC(C)C(=O)N(CCCOc1ccccc1)c1ccccc1. The molecule has 0 aliphatic carbocycles. The molecule has 2 aromatic carbocycles. The molecule has 0 spiro atoms. The van der Waals surface area contributed by atoms with Crippen molar-refractivity contribution in [1.82, 2.24) is 0 Å². The van der Waals surface area contributed by atoms with Crippen LogP contribution in [0.5, 0.6) is 5.75 Å². The molecule has 2 rings (SSSR count). The fourth-order valence-corrected chi connectivity index (χ4v) is 2.22. The summed E-state index contributed by atoms with van der Waals surface area (Å²) < 4.78 is 5.69. The number of ether oxygens (including phenoxy) is 1. The smallest absolute Gasteiger partial charge is 0.229 e. The fraction of sp³-hybridized carbons (Fsp3) is 0.316. The van der Waals surface area contributed by atoms with Gasteiger partial charge in [-0.25, -0.2) is 0 Å². The molecule has 3 nitrogen and oxygen atoms in total. The molecule has 0 aromatic heterocycles. The summed E-state index contributed by atoms with van der Waals surface area (Å²) in [4.78, 5) is 14.2. The maximum atomic E-state index is 12.4. The third-order valence-electron chi connectivity index (χ3n) is 3.37. The Kier molecular flexibility index (Phi) is 6.01. The molecular formula is C19H23NO2. The lowest BCUT2D eigenvalue weighted by molar-refractivity contribution is -0.121. The fourth-order valence-electron chi connectivity index (χ4n) is 2.22. The van der Waals surface area contributed by atoms with E-state index in [9.17, 15) is 4.79 Å². The lowest BCUT2D eigenvalue weighted by Gasteiger charge is -2.24. The molecule has 1 amide bonds. The molecule has 22 heavy (non-hydrogen) atoms. The van der Waals surface area contributed by atoms with Crippen molar-refractivity contribution >= 4 is 11.6 Å². The first-order valence-electron chi connectivity index (χ1n) is 7.73. The molecule has 0 saturated carbocycles. The molecule has 2 aromatic rings. The highest BCUT2D eigenvalue weighted by atomic mass is 16.5. The zero-order chi connectivity index (χ0) is 15.8. The second-order valence-corrected chi connectivity index (χ2v) is 5.50. The molecule has 0 N–H and O–H groups in total. The van der Waals surface area contributed by atoms with Crippen molar-refractivity contribution in [1.29, 1.82) is 0 Å². The van der Waals surface area contributed by atoms with E-state index in [0.717, 1.165) is 17.9 Å². The summed E-state index contributed by atoms with van der Waals surface area (Å²) in [7, 11) is 0. The molecule has 0 unspecified atom stereocenters. The Morgan fingerprint density at radius 2 is 1.59 bits per heavy atom. The van der Waals surface area contributed by atoms with Crippen LogP contribution < -0.4 is 9.64 Å². The van der Waals surface area contributed by atoms with Gasteiger partial charge < -0.3 is 9.64 Å². The summed E-state index contributed by atoms with van der Waals surface area (Å²) in [5.41, 5.74) is 0.945. The molecule has 0 heterocycles. The number of hydrogen-bond acceptors (Lipinski definition) is 2. The van der Waals surface area contributed by atoms with Crippen LogP contribution in [0.3, 0.4) is 0 Å². The van der Waals surface area contributed by atoms with E-state index >= 15 is 0 Å². The first-order valence-corrected chi connectivity index (χ1v) is 7.73. The van der Waals surface area contributed by atoms with E-state index in [1.165, 1.54) is 0 Å². The molecule has 116 valence electrons. The van der Waals surface area contributed by atoms with Crippen molar-refractivity contribution in [2.75, 3.05) is 18.1 Å². The lowest BCUT2D eigenvalue weighted by atomic mass is 10.1. The van der Waals surface area contributed by atoms with Crippen molar-refractivity contribution in [3.05, 3.63) is 60.7 Å². The van der Waals surface area contributed by atoms with Gasteiger partial charge in [0.05, 0.1) is 6.61 Å². The van der Waals surface area contributed by atoms with Crippen LogP contribution in [0.1, 0.15) is 20.3 Å². The molecule has 0 aliphatic rings. The van der Waals surface area contributed by atoms with Crippen molar-refractivity contribution in [2.24, 2.45) is 5.92 Å². The van der Waals surface area contributed by atoms with Gasteiger partial charge in [-0.2, -0.15) is 0 Å². The Balaban J connectivity index is 1.91. The maximum Gasteiger partial charge on any atom is 0.229 e. The van der Waals surface area contributed by atoms with Crippen LogP contribution in [-0.4, -0.2) is 19.1 Å². The van der Waals surface area contributed by atoms with Gasteiger partial charge in [0.1, 0.15) is 5.75 Å². The summed E-state index contributed by atoms with van der Waals surface area (Å²) in [5.74, 6) is 0.991. The average Bonchev–Trinajstić information content (AvgIpc) is 2.56. The highest BCUT2D eigenvalue weighted by molar-refractivity contribution is 5.94. The van der Waals surface area contributed by atoms with Crippen LogP contribution in [0.15, 0.2) is 60.7 Å². The number of hydrogen-bond donors (Lipinski definition) is 0. The van der Waals surface area contributed by atoms with Gasteiger partial charge in [-0.3, -0.25) is 4.79 Å². The van der Waals surface area contributed by atoms with Crippen LogP contribution in [0.25, 0.3) is 0 Å². The number of para-hydroxylation sites is 2. The van der Waals surface area contributed by atoms with Gasteiger partial charge >= 0.3 is 0 Å². The first kappa shape index (κ1) is 16.1. The molecule has 3 heteroatoms. The summed E-state index contributed by atoms with van der Waals surface area (Å²) in [5, 5.41) is 0. The molecule has 0 atom stereocenters. The Bertz CT molecular complexity index is 567. The van der Waals surface area contributed by atoms with Crippen molar-refractivity contribution in [3.8, 4) is 5.75 Å². The number of anilines is 1. The Morgan fingerprint density at radius 3 is 2.18 bits per heavy atom. The summed E-state index contributed by atoms with van der Waals surface area (Å²) >= 11 is 0. The number of carbonyl (C=O) groups is 1. The minimum absolute atomic E-state index is 0.0183. The van der Waals surface area contributed by atoms with E-state index < -0.39 is 0 Å². The predicted molar refractivity (Wildman–Crippen MR) is 90.2 cm³/mol. The van der Waals surface area contributed by atoms with Gasteiger partial charge in [0, 0.05) is 18.2 Å². The average molecular weight is 297 g/mol. The highest BCUT2D eigenvalue weighted by Gasteiger charge is 2.18. The quantitative estimate of drug-likeness (QED) is 0.719. The second-order valence-electron chi connectivity index (χ2n) is 5.50. The topological polar surface area (TPSA) is 29.5 Å². The highest BCUT2D eigenvalue weighted by Crippen LogP contribution is 2.17. The summed E-state index contributed by atoms with van der Waals surface area (Å²) in [6, 6.07) is 19.6. The number of rotatable bonds is 7. The molecule has 0 aliphatic heterocycles. The molecule has 0 bridgehead atoms. The van der Waals surface area contributed by atoms with E-state index in [0.29, 0.717) is 13.2 Å². The zero-order valence-corrected chi connectivity index (χ0v) is 13.2. The van der Waals surface area contributed by atoms with Crippen molar-refractivity contribution < 1.29 is 9.53 Å². The molecule has 0 fully saturated rings. The maximum absolute atomic E-state index is 12.4. The van der Waals surface area contributed by atoms with E-state index in [-0.39, 0.29) is 11.8 Å². The summed E-state index contributed by atoms with van der Waals surface area (Å²) in [6.45, 7) is 5.12. The van der Waals surface area contributed by atoms with E-state index in [2.05, 4.69) is 0 Å². The van der Waals surface area contributed by atoms with E-state index in [4.69, 9.17) is 4.74 Å². The zero-order valence-electron chi connectivity index (χ0n) is 13.2. The molecule has 0 saturated heterocycles. The number of carbonyl (C=O) groups excluding carboxylic acids is 1. The first-order chi connectivity index (χ1) is 10.7. The minimum atomic E-state index is -0.0183. The van der Waals surface area contributed by atoms with Crippen LogP contribution in [-0.2, 0) is 4.79 Å². The third kappa shape index (κ3) is 4.62. The van der Waals surface area contributed by atoms with Gasteiger partial charge in [-0.05, 0) is 30.7 Å². The standard InChI is InChI=1S/C19H23NO2/c1-16(2)19(21)20(17-10-5-3-6-11-17)14-9-15-22-18-12-7-4-8-13-18/h3-8,10-13,16H,9,14-15H2,1-2H3. The number of nitrogens with zero attached hydrogens (tertiary/aromatic N) is 1. The third-order valence-corrected chi connectivity index (χ3v) is 3.37. The largest absolute Gasteiger partial charge is 0.494 e. The van der Waals surface area contributed by atoms with Crippen molar-refractivity contribution in [3.63, 3.8) is 0 Å².